The number of nitrogens with one attached hydrogen (secondary N) is 2. The van der Waals surface area contributed by atoms with Crippen molar-refractivity contribution in [3.8, 4) is 0 Å². The minimum atomic E-state index is 0.380. The maximum Gasteiger partial charge on any atom is 0.191 e. The van der Waals surface area contributed by atoms with Gasteiger partial charge in [0.25, 0.3) is 0 Å². The van der Waals surface area contributed by atoms with E-state index in [1.165, 1.54) is 49.3 Å². The Balaban J connectivity index is 1.33. The van der Waals surface area contributed by atoms with Gasteiger partial charge < -0.3 is 20.4 Å². The number of aryl methyl sites for hydroxylation is 1. The molecule has 0 amide bonds. The minimum Gasteiger partial charge on any atom is -0.372 e. The molecule has 0 saturated carbocycles. The van der Waals surface area contributed by atoms with Crippen LogP contribution in [0, 0.1) is 5.92 Å². The van der Waals surface area contributed by atoms with Gasteiger partial charge in [0.15, 0.2) is 5.96 Å². The zero-order valence-electron chi connectivity index (χ0n) is 19.9. The third-order valence-electron chi connectivity index (χ3n) is 6.67. The topological polar surface area (TPSA) is 60.7 Å². The fourth-order valence-electron chi connectivity index (χ4n) is 4.66. The Bertz CT molecular complexity index is 865. The van der Waals surface area contributed by atoms with E-state index in [1.807, 2.05) is 17.9 Å². The van der Waals surface area contributed by atoms with Crippen LogP contribution in [0.2, 0.25) is 0 Å². The molecule has 0 spiro atoms. The number of rotatable bonds is 6. The van der Waals surface area contributed by atoms with Crippen LogP contribution in [0.1, 0.15) is 45.1 Å². The normalized spacial score (nSPS) is 20.5. The van der Waals surface area contributed by atoms with E-state index >= 15 is 0 Å². The number of aromatic nitrogens is 2. The number of anilines is 2. The summed E-state index contributed by atoms with van der Waals surface area (Å²) in [7, 11) is 1.97. The van der Waals surface area contributed by atoms with Crippen molar-refractivity contribution in [1.82, 2.24) is 20.4 Å². The monoisotopic (exact) mass is 437 g/mol. The molecule has 1 aromatic heterocycles. The van der Waals surface area contributed by atoms with Crippen LogP contribution in [0.3, 0.4) is 0 Å². The number of nitrogens with zero attached hydrogens (tertiary/aromatic N) is 5. The molecule has 3 heterocycles. The molecule has 2 saturated heterocycles. The fourth-order valence-corrected chi connectivity index (χ4v) is 4.66. The van der Waals surface area contributed by atoms with Gasteiger partial charge in [-0.05, 0) is 56.2 Å². The van der Waals surface area contributed by atoms with E-state index < -0.39 is 0 Å². The number of aliphatic imine (C=N–C) groups is 1. The van der Waals surface area contributed by atoms with Crippen LogP contribution in [0.5, 0.6) is 0 Å². The van der Waals surface area contributed by atoms with Gasteiger partial charge in [0.05, 0.1) is 18.4 Å². The molecule has 7 nitrogen and oxygen atoms in total. The summed E-state index contributed by atoms with van der Waals surface area (Å²) < 4.78 is 1.87. The van der Waals surface area contributed by atoms with E-state index in [0.717, 1.165) is 37.9 Å². The summed E-state index contributed by atoms with van der Waals surface area (Å²) in [5, 5.41) is 11.4. The third kappa shape index (κ3) is 5.96. The van der Waals surface area contributed by atoms with Gasteiger partial charge in [-0.1, -0.05) is 19.1 Å². The average molecular weight is 438 g/mol. The van der Waals surface area contributed by atoms with E-state index in [2.05, 4.69) is 69.8 Å². The predicted octanol–water partition coefficient (Wildman–Crippen LogP) is 3.38. The summed E-state index contributed by atoms with van der Waals surface area (Å²) in [4.78, 5) is 9.80. The Morgan fingerprint density at radius 3 is 2.53 bits per heavy atom. The lowest BCUT2D eigenvalue weighted by atomic mass is 9.99. The highest BCUT2D eigenvalue weighted by atomic mass is 15.3. The van der Waals surface area contributed by atoms with E-state index in [-0.39, 0.29) is 0 Å². The molecule has 1 atom stereocenters. The van der Waals surface area contributed by atoms with Crippen LogP contribution >= 0.6 is 0 Å². The molecule has 2 N–H and O–H groups in total. The standard InChI is InChI=1S/C25H39N7/c1-4-26-25(29-22-6-5-13-32(18-22)24-17-28-30(3)19-24)27-16-21-7-9-23(10-8-21)31-14-11-20(2)12-15-31/h7-10,17,19-20,22H,4-6,11-16,18H2,1-3H3,(H2,26,27,29). The van der Waals surface area contributed by atoms with Crippen LogP contribution in [-0.2, 0) is 13.6 Å². The van der Waals surface area contributed by atoms with Gasteiger partial charge in [-0.2, -0.15) is 5.10 Å². The molecule has 2 aromatic rings. The molecule has 0 aliphatic carbocycles. The van der Waals surface area contributed by atoms with Crippen molar-refractivity contribution < 1.29 is 0 Å². The molecule has 7 heteroatoms. The second kappa shape index (κ2) is 10.7. The number of hydrogen-bond acceptors (Lipinski definition) is 4. The van der Waals surface area contributed by atoms with Crippen molar-refractivity contribution in [3.05, 3.63) is 42.2 Å². The highest BCUT2D eigenvalue weighted by Gasteiger charge is 2.22. The minimum absolute atomic E-state index is 0.380. The first-order valence-electron chi connectivity index (χ1n) is 12.2. The fraction of sp³-hybridized carbons (Fsp3) is 0.600. The van der Waals surface area contributed by atoms with Crippen molar-refractivity contribution in [2.45, 2.75) is 52.1 Å². The summed E-state index contributed by atoms with van der Waals surface area (Å²) in [6.45, 7) is 10.4. The van der Waals surface area contributed by atoms with Crippen LogP contribution in [0.25, 0.3) is 0 Å². The Morgan fingerprint density at radius 1 is 1.06 bits per heavy atom. The Labute approximate surface area is 192 Å². The van der Waals surface area contributed by atoms with Gasteiger partial charge in [0, 0.05) is 57.7 Å². The largest absolute Gasteiger partial charge is 0.372 e. The van der Waals surface area contributed by atoms with Gasteiger partial charge in [-0.15, -0.1) is 0 Å². The molecule has 2 fully saturated rings. The second-order valence-corrected chi connectivity index (χ2v) is 9.33. The Morgan fingerprint density at radius 2 is 1.84 bits per heavy atom. The van der Waals surface area contributed by atoms with Gasteiger partial charge in [0.1, 0.15) is 0 Å². The molecule has 1 unspecified atom stereocenters. The van der Waals surface area contributed by atoms with Crippen LogP contribution in [0.4, 0.5) is 11.4 Å². The quantitative estimate of drug-likeness (QED) is 0.536. The summed E-state index contributed by atoms with van der Waals surface area (Å²) in [5.41, 5.74) is 3.79. The van der Waals surface area contributed by atoms with Gasteiger partial charge >= 0.3 is 0 Å². The van der Waals surface area contributed by atoms with E-state index in [0.29, 0.717) is 12.6 Å². The van der Waals surface area contributed by atoms with Crippen molar-refractivity contribution in [2.24, 2.45) is 18.0 Å². The van der Waals surface area contributed by atoms with Crippen LogP contribution in [-0.4, -0.2) is 54.5 Å². The maximum absolute atomic E-state index is 4.88. The first-order valence-corrected chi connectivity index (χ1v) is 12.2. The first-order chi connectivity index (χ1) is 15.6. The lowest BCUT2D eigenvalue weighted by Crippen LogP contribution is -2.51. The van der Waals surface area contributed by atoms with Crippen molar-refractivity contribution in [2.75, 3.05) is 42.5 Å². The lowest BCUT2D eigenvalue weighted by molar-refractivity contribution is 0.438. The highest BCUT2D eigenvalue weighted by molar-refractivity contribution is 5.80. The number of piperidine rings is 2. The average Bonchev–Trinajstić information content (AvgIpc) is 3.25. The van der Waals surface area contributed by atoms with Gasteiger partial charge in [0.2, 0.25) is 0 Å². The molecule has 2 aliphatic heterocycles. The molecule has 4 rings (SSSR count). The van der Waals surface area contributed by atoms with E-state index in [4.69, 9.17) is 4.99 Å². The van der Waals surface area contributed by atoms with Crippen molar-refractivity contribution >= 4 is 17.3 Å². The van der Waals surface area contributed by atoms with Crippen molar-refractivity contribution in [3.63, 3.8) is 0 Å². The Kier molecular flexibility index (Phi) is 7.55. The van der Waals surface area contributed by atoms with Gasteiger partial charge in [-0.3, -0.25) is 4.68 Å². The summed E-state index contributed by atoms with van der Waals surface area (Å²) >= 11 is 0. The second-order valence-electron chi connectivity index (χ2n) is 9.33. The molecular weight excluding hydrogens is 398 g/mol. The molecule has 0 bridgehead atoms. The zero-order chi connectivity index (χ0) is 22.3. The van der Waals surface area contributed by atoms with Crippen molar-refractivity contribution in [1.29, 1.82) is 0 Å². The molecule has 1 aromatic carbocycles. The molecule has 32 heavy (non-hydrogen) atoms. The molecule has 2 aliphatic rings. The summed E-state index contributed by atoms with van der Waals surface area (Å²) in [6, 6.07) is 9.35. The zero-order valence-corrected chi connectivity index (χ0v) is 19.9. The smallest absolute Gasteiger partial charge is 0.191 e. The van der Waals surface area contributed by atoms with Gasteiger partial charge in [-0.25, -0.2) is 4.99 Å². The van der Waals surface area contributed by atoms with E-state index in [9.17, 15) is 0 Å². The Hall–Kier alpha value is -2.70. The maximum atomic E-state index is 4.88. The van der Waals surface area contributed by atoms with E-state index in [1.54, 1.807) is 0 Å². The first kappa shape index (κ1) is 22.5. The molecule has 0 radical (unpaired) electrons. The number of benzene rings is 1. The molecular formula is C25H39N7. The summed E-state index contributed by atoms with van der Waals surface area (Å²) in [6.07, 6.45) is 8.96. The third-order valence-corrected chi connectivity index (χ3v) is 6.67. The number of hydrogen-bond donors (Lipinski definition) is 2. The highest BCUT2D eigenvalue weighted by Crippen LogP contribution is 2.23. The van der Waals surface area contributed by atoms with Crippen LogP contribution < -0.4 is 20.4 Å². The van der Waals surface area contributed by atoms with Crippen LogP contribution in [0.15, 0.2) is 41.7 Å². The SMILES string of the molecule is CCNC(=NCc1ccc(N2CCC(C)CC2)cc1)NC1CCCN(c2cnn(C)c2)C1. The molecule has 174 valence electrons. The number of guanidine groups is 1. The predicted molar refractivity (Wildman–Crippen MR) is 133 cm³/mol. The lowest BCUT2D eigenvalue weighted by Gasteiger charge is -2.34. The summed E-state index contributed by atoms with van der Waals surface area (Å²) in [5.74, 6) is 1.76.